The number of hydrogen-bond donors (Lipinski definition) is 0. The average Bonchev–Trinajstić information content (AvgIpc) is 2.88. The maximum Gasteiger partial charge on any atom is 0.257 e. The summed E-state index contributed by atoms with van der Waals surface area (Å²) in [5.41, 5.74) is 1.74. The van der Waals surface area contributed by atoms with Crippen LogP contribution < -0.4 is 4.74 Å². The molecule has 3 nitrogen and oxygen atoms in total. The lowest BCUT2D eigenvalue weighted by atomic mass is 9.94. The summed E-state index contributed by atoms with van der Waals surface area (Å²) in [5.74, 6) is 0.843. The van der Waals surface area contributed by atoms with E-state index in [1.165, 1.54) is 5.56 Å². The quantitative estimate of drug-likeness (QED) is 0.715. The number of benzene rings is 2. The summed E-state index contributed by atoms with van der Waals surface area (Å²) in [4.78, 5) is 15.0. The lowest BCUT2D eigenvalue weighted by molar-refractivity contribution is 0.0751. The molecule has 3 rings (SSSR count). The Morgan fingerprint density at radius 1 is 1.08 bits per heavy atom. The van der Waals surface area contributed by atoms with Gasteiger partial charge in [-0.1, -0.05) is 41.8 Å². The predicted molar refractivity (Wildman–Crippen MR) is 102 cm³/mol. The summed E-state index contributed by atoms with van der Waals surface area (Å²) >= 11 is 12.1. The van der Waals surface area contributed by atoms with Crippen molar-refractivity contribution in [2.75, 3.05) is 20.2 Å². The van der Waals surface area contributed by atoms with Gasteiger partial charge in [0.05, 0.1) is 12.7 Å². The second-order valence-electron chi connectivity index (χ2n) is 6.34. The van der Waals surface area contributed by atoms with Crippen molar-refractivity contribution in [3.63, 3.8) is 0 Å². The summed E-state index contributed by atoms with van der Waals surface area (Å²) in [5, 5.41) is 1.27. The van der Waals surface area contributed by atoms with Crippen molar-refractivity contribution in [3.8, 4) is 5.75 Å². The summed E-state index contributed by atoms with van der Waals surface area (Å²) in [6.07, 6.45) is 3.17. The van der Waals surface area contributed by atoms with Crippen LogP contribution in [-0.2, 0) is 0 Å². The normalized spacial score (nSPS) is 17.9. The Kier molecular flexibility index (Phi) is 5.87. The largest absolute Gasteiger partial charge is 0.496 e. The van der Waals surface area contributed by atoms with Gasteiger partial charge in [0.15, 0.2) is 0 Å². The van der Waals surface area contributed by atoms with E-state index in [4.69, 9.17) is 27.9 Å². The molecule has 2 aromatic rings. The molecule has 1 heterocycles. The number of amides is 1. The Morgan fingerprint density at radius 3 is 2.52 bits per heavy atom. The molecule has 25 heavy (non-hydrogen) atoms. The Labute approximate surface area is 158 Å². The summed E-state index contributed by atoms with van der Waals surface area (Å²) in [7, 11) is 1.57. The van der Waals surface area contributed by atoms with Crippen LogP contribution in [0.3, 0.4) is 0 Å². The number of rotatable bonds is 3. The first-order chi connectivity index (χ1) is 12.1. The maximum atomic E-state index is 13.1. The van der Waals surface area contributed by atoms with Gasteiger partial charge in [0.2, 0.25) is 0 Å². The van der Waals surface area contributed by atoms with Gasteiger partial charge >= 0.3 is 0 Å². The van der Waals surface area contributed by atoms with Gasteiger partial charge in [-0.05, 0) is 48.7 Å². The molecule has 0 N–H and O–H groups in total. The standard InChI is InChI=1S/C20H21Cl2NO2/c1-25-19-10-9-17(22)12-18(19)20(24)23-11-3-2-4-15(13-23)14-5-7-16(21)8-6-14/h5-10,12,15H,2-4,11,13H2,1H3. The minimum Gasteiger partial charge on any atom is -0.496 e. The molecule has 0 radical (unpaired) electrons. The highest BCUT2D eigenvalue weighted by Crippen LogP contribution is 2.30. The Balaban J connectivity index is 1.84. The molecule has 2 aromatic carbocycles. The molecular weight excluding hydrogens is 357 g/mol. The van der Waals surface area contributed by atoms with Gasteiger partial charge < -0.3 is 9.64 Å². The third-order valence-corrected chi connectivity index (χ3v) is 5.18. The number of hydrogen-bond acceptors (Lipinski definition) is 2. The summed E-state index contributed by atoms with van der Waals surface area (Å²) < 4.78 is 5.35. The first-order valence-corrected chi connectivity index (χ1v) is 9.22. The van der Waals surface area contributed by atoms with Gasteiger partial charge in [-0.25, -0.2) is 0 Å². The highest BCUT2D eigenvalue weighted by atomic mass is 35.5. The van der Waals surface area contributed by atoms with Crippen LogP contribution in [0.4, 0.5) is 0 Å². The highest BCUT2D eigenvalue weighted by Gasteiger charge is 2.26. The Morgan fingerprint density at radius 2 is 1.80 bits per heavy atom. The first-order valence-electron chi connectivity index (χ1n) is 8.47. The van der Waals surface area contributed by atoms with E-state index in [2.05, 4.69) is 12.1 Å². The van der Waals surface area contributed by atoms with Gasteiger partial charge in [-0.3, -0.25) is 4.79 Å². The third kappa shape index (κ3) is 4.28. The van der Waals surface area contributed by atoms with Crippen molar-refractivity contribution < 1.29 is 9.53 Å². The summed E-state index contributed by atoms with van der Waals surface area (Å²) in [6.45, 7) is 1.44. The molecule has 1 unspecified atom stereocenters. The number of methoxy groups -OCH3 is 1. The fraction of sp³-hybridized carbons (Fsp3) is 0.350. The zero-order chi connectivity index (χ0) is 17.8. The Hall–Kier alpha value is -1.71. The second-order valence-corrected chi connectivity index (χ2v) is 7.21. The van der Waals surface area contributed by atoms with Gasteiger partial charge in [-0.2, -0.15) is 0 Å². The van der Waals surface area contributed by atoms with Crippen molar-refractivity contribution in [1.29, 1.82) is 0 Å². The molecule has 0 saturated carbocycles. The first kappa shape index (κ1) is 18.1. The molecule has 5 heteroatoms. The number of likely N-dealkylation sites (tertiary alicyclic amines) is 1. The number of halogens is 2. The van der Waals surface area contributed by atoms with Crippen LogP contribution in [0.1, 0.15) is 41.1 Å². The van der Waals surface area contributed by atoms with Crippen LogP contribution in [0.25, 0.3) is 0 Å². The molecule has 132 valence electrons. The molecule has 1 atom stereocenters. The van der Waals surface area contributed by atoms with Crippen molar-refractivity contribution in [2.24, 2.45) is 0 Å². The van der Waals surface area contributed by atoms with Crippen molar-refractivity contribution >= 4 is 29.1 Å². The molecule has 0 bridgehead atoms. The lowest BCUT2D eigenvalue weighted by Crippen LogP contribution is -2.34. The topological polar surface area (TPSA) is 29.5 Å². The van der Waals surface area contributed by atoms with E-state index in [0.717, 1.165) is 30.8 Å². The van der Waals surface area contributed by atoms with Gasteiger partial charge in [0, 0.05) is 29.1 Å². The van der Waals surface area contributed by atoms with Crippen LogP contribution in [0, 0.1) is 0 Å². The summed E-state index contributed by atoms with van der Waals surface area (Å²) in [6, 6.07) is 13.1. The van der Waals surface area contributed by atoms with Gasteiger partial charge in [0.25, 0.3) is 5.91 Å². The molecular formula is C20H21Cl2NO2. The molecule has 0 aromatic heterocycles. The average molecular weight is 378 g/mol. The number of carbonyl (C=O) groups is 1. The van der Waals surface area contributed by atoms with E-state index < -0.39 is 0 Å². The molecule has 1 aliphatic rings. The van der Waals surface area contributed by atoms with Crippen molar-refractivity contribution in [3.05, 3.63) is 63.6 Å². The van der Waals surface area contributed by atoms with E-state index in [9.17, 15) is 4.79 Å². The predicted octanol–water partition coefficient (Wildman–Crippen LogP) is 5.41. The molecule has 1 fully saturated rings. The van der Waals surface area contributed by atoms with E-state index in [0.29, 0.717) is 28.8 Å². The minimum absolute atomic E-state index is 0.0276. The van der Waals surface area contributed by atoms with E-state index >= 15 is 0 Å². The number of ether oxygens (including phenoxy) is 1. The molecule has 1 amide bonds. The van der Waals surface area contributed by atoms with Gasteiger partial charge in [0.1, 0.15) is 5.75 Å². The maximum absolute atomic E-state index is 13.1. The van der Waals surface area contributed by atoms with Crippen LogP contribution in [0.15, 0.2) is 42.5 Å². The fourth-order valence-electron chi connectivity index (χ4n) is 3.35. The zero-order valence-corrected chi connectivity index (χ0v) is 15.7. The smallest absolute Gasteiger partial charge is 0.257 e. The number of nitrogens with zero attached hydrogens (tertiary/aromatic N) is 1. The second kappa shape index (κ2) is 8.11. The van der Waals surface area contributed by atoms with Crippen molar-refractivity contribution in [1.82, 2.24) is 4.90 Å². The van der Waals surface area contributed by atoms with Crippen LogP contribution in [0.2, 0.25) is 10.0 Å². The third-order valence-electron chi connectivity index (χ3n) is 4.69. The fourth-order valence-corrected chi connectivity index (χ4v) is 3.65. The highest BCUT2D eigenvalue weighted by molar-refractivity contribution is 6.31. The monoisotopic (exact) mass is 377 g/mol. The molecule has 1 saturated heterocycles. The molecule has 0 aliphatic carbocycles. The van der Waals surface area contributed by atoms with E-state index in [1.807, 2.05) is 17.0 Å². The lowest BCUT2D eigenvalue weighted by Gasteiger charge is -2.25. The van der Waals surface area contributed by atoms with Crippen LogP contribution in [-0.4, -0.2) is 31.0 Å². The zero-order valence-electron chi connectivity index (χ0n) is 14.2. The minimum atomic E-state index is -0.0276. The van der Waals surface area contributed by atoms with Crippen LogP contribution in [0.5, 0.6) is 5.75 Å². The Bertz CT molecular complexity index is 746. The van der Waals surface area contributed by atoms with Crippen LogP contribution >= 0.6 is 23.2 Å². The number of carbonyl (C=O) groups excluding carboxylic acids is 1. The SMILES string of the molecule is COc1ccc(Cl)cc1C(=O)N1CCCCC(c2ccc(Cl)cc2)C1. The van der Waals surface area contributed by atoms with Crippen molar-refractivity contribution in [2.45, 2.75) is 25.2 Å². The molecule has 0 spiro atoms. The van der Waals surface area contributed by atoms with E-state index in [-0.39, 0.29) is 5.91 Å². The molecule has 1 aliphatic heterocycles. The van der Waals surface area contributed by atoms with E-state index in [1.54, 1.807) is 25.3 Å². The van der Waals surface area contributed by atoms with Gasteiger partial charge in [-0.15, -0.1) is 0 Å².